The lowest BCUT2D eigenvalue weighted by atomic mass is 9.97. The third-order valence-corrected chi connectivity index (χ3v) is 5.79. The highest BCUT2D eigenvalue weighted by Gasteiger charge is 2.23. The van der Waals surface area contributed by atoms with Gasteiger partial charge in [0.05, 0.1) is 17.0 Å². The van der Waals surface area contributed by atoms with Crippen LogP contribution in [0.3, 0.4) is 0 Å². The van der Waals surface area contributed by atoms with Crippen LogP contribution in [0.2, 0.25) is 5.02 Å². The minimum Gasteiger partial charge on any atom is -0.354 e. The van der Waals surface area contributed by atoms with Crippen molar-refractivity contribution in [3.05, 3.63) is 65.2 Å². The van der Waals surface area contributed by atoms with Crippen LogP contribution in [0.15, 0.2) is 54.6 Å². The predicted octanol–water partition coefficient (Wildman–Crippen LogP) is 3.49. The van der Waals surface area contributed by atoms with Crippen molar-refractivity contribution in [2.45, 2.75) is 19.8 Å². The molecule has 1 atom stereocenters. The molecule has 2 rings (SSSR count). The maximum Gasteiger partial charge on any atom is 0.240 e. The molecule has 0 aliphatic carbocycles. The second kappa shape index (κ2) is 9.76. The van der Waals surface area contributed by atoms with Crippen molar-refractivity contribution >= 4 is 33.2 Å². The van der Waals surface area contributed by atoms with E-state index in [0.29, 0.717) is 12.2 Å². The summed E-state index contributed by atoms with van der Waals surface area (Å²) in [6.07, 6.45) is 2.83. The minimum atomic E-state index is -3.64. The summed E-state index contributed by atoms with van der Waals surface area (Å²) < 4.78 is 25.3. The summed E-state index contributed by atoms with van der Waals surface area (Å²) in [7, 11) is -3.64. The van der Waals surface area contributed by atoms with Gasteiger partial charge in [-0.15, -0.1) is 0 Å². The number of hydrogen-bond acceptors (Lipinski definition) is 3. The van der Waals surface area contributed by atoms with E-state index in [1.54, 1.807) is 24.3 Å². The number of sulfonamides is 1. The number of benzene rings is 2. The van der Waals surface area contributed by atoms with Gasteiger partial charge in [-0.05, 0) is 30.0 Å². The van der Waals surface area contributed by atoms with Crippen molar-refractivity contribution < 1.29 is 13.2 Å². The summed E-state index contributed by atoms with van der Waals surface area (Å²) in [6, 6.07) is 16.7. The molecule has 0 aliphatic rings. The lowest BCUT2D eigenvalue weighted by Crippen LogP contribution is -2.42. The van der Waals surface area contributed by atoms with Gasteiger partial charge in [-0.1, -0.05) is 67.4 Å². The quantitative estimate of drug-likeness (QED) is 0.690. The normalized spacial score (nSPS) is 12.4. The van der Waals surface area contributed by atoms with E-state index in [-0.39, 0.29) is 23.4 Å². The second-order valence-electron chi connectivity index (χ2n) is 6.49. The summed E-state index contributed by atoms with van der Waals surface area (Å²) >= 11 is 6.11. The first-order chi connectivity index (χ1) is 12.8. The standard InChI is InChI=1S/C20H25ClN2O3S/c1-3-16(13-17-9-5-4-6-10-17)14-22-20(24)15-23(27(2,25)26)19-12-8-7-11-18(19)21/h4-12,16H,3,13-15H2,1-2H3,(H,22,24). The number of para-hydroxylation sites is 1. The lowest BCUT2D eigenvalue weighted by molar-refractivity contribution is -0.119. The topological polar surface area (TPSA) is 66.5 Å². The fourth-order valence-corrected chi connectivity index (χ4v) is 3.94. The predicted molar refractivity (Wildman–Crippen MR) is 111 cm³/mol. The molecule has 0 saturated heterocycles. The third-order valence-electron chi connectivity index (χ3n) is 4.34. The smallest absolute Gasteiger partial charge is 0.240 e. The van der Waals surface area contributed by atoms with Crippen LogP contribution in [0.4, 0.5) is 5.69 Å². The highest BCUT2D eigenvalue weighted by molar-refractivity contribution is 7.92. The van der Waals surface area contributed by atoms with E-state index < -0.39 is 10.0 Å². The number of carbonyl (C=O) groups excluding carboxylic acids is 1. The Morgan fingerprint density at radius 2 is 1.74 bits per heavy atom. The van der Waals surface area contributed by atoms with Crippen molar-refractivity contribution in [1.82, 2.24) is 5.32 Å². The average molecular weight is 409 g/mol. The zero-order valence-electron chi connectivity index (χ0n) is 15.6. The monoisotopic (exact) mass is 408 g/mol. The molecule has 5 nitrogen and oxygen atoms in total. The second-order valence-corrected chi connectivity index (χ2v) is 8.80. The molecule has 0 fully saturated rings. The van der Waals surface area contributed by atoms with E-state index in [1.165, 1.54) is 5.56 Å². The molecule has 1 unspecified atom stereocenters. The van der Waals surface area contributed by atoms with E-state index >= 15 is 0 Å². The Bertz CT molecular complexity index is 857. The summed E-state index contributed by atoms with van der Waals surface area (Å²) in [5, 5.41) is 3.14. The van der Waals surface area contributed by atoms with Crippen LogP contribution in [-0.2, 0) is 21.2 Å². The summed E-state index contributed by atoms with van der Waals surface area (Å²) in [5.74, 6) is -0.0739. The largest absolute Gasteiger partial charge is 0.354 e. The Kier molecular flexibility index (Phi) is 7.68. The van der Waals surface area contributed by atoms with Gasteiger partial charge in [-0.25, -0.2) is 8.42 Å². The molecule has 0 aromatic heterocycles. The highest BCUT2D eigenvalue weighted by atomic mass is 35.5. The molecule has 0 bridgehead atoms. The van der Waals surface area contributed by atoms with E-state index in [4.69, 9.17) is 11.6 Å². The van der Waals surface area contributed by atoms with E-state index in [2.05, 4.69) is 24.4 Å². The Balaban J connectivity index is 2.00. The van der Waals surface area contributed by atoms with Gasteiger partial charge in [0.25, 0.3) is 0 Å². The first-order valence-electron chi connectivity index (χ1n) is 8.84. The van der Waals surface area contributed by atoms with Crippen LogP contribution < -0.4 is 9.62 Å². The van der Waals surface area contributed by atoms with Crippen LogP contribution in [0.1, 0.15) is 18.9 Å². The molecule has 0 saturated carbocycles. The van der Waals surface area contributed by atoms with Gasteiger partial charge < -0.3 is 5.32 Å². The number of nitrogens with one attached hydrogen (secondary N) is 1. The number of hydrogen-bond donors (Lipinski definition) is 1. The zero-order valence-corrected chi connectivity index (χ0v) is 17.1. The van der Waals surface area contributed by atoms with Crippen molar-refractivity contribution in [3.63, 3.8) is 0 Å². The van der Waals surface area contributed by atoms with Gasteiger partial charge in [-0.3, -0.25) is 9.10 Å². The number of amides is 1. The Hall–Kier alpha value is -2.05. The maximum absolute atomic E-state index is 12.4. The SMILES string of the molecule is CCC(CNC(=O)CN(c1ccccc1Cl)S(C)(=O)=O)Cc1ccccc1. The fourth-order valence-electron chi connectivity index (χ4n) is 2.79. The molecule has 0 spiro atoms. The van der Waals surface area contributed by atoms with Gasteiger partial charge in [-0.2, -0.15) is 0 Å². The molecule has 2 aromatic carbocycles. The van der Waals surface area contributed by atoms with Crippen LogP contribution in [-0.4, -0.2) is 33.7 Å². The molecular formula is C20H25ClN2O3S. The van der Waals surface area contributed by atoms with Gasteiger partial charge in [0.1, 0.15) is 6.54 Å². The third kappa shape index (κ3) is 6.56. The van der Waals surface area contributed by atoms with Gasteiger partial charge in [0.15, 0.2) is 0 Å². The summed E-state index contributed by atoms with van der Waals surface area (Å²) in [5.41, 5.74) is 1.51. The average Bonchev–Trinajstić information content (AvgIpc) is 2.64. The molecule has 0 radical (unpaired) electrons. The van der Waals surface area contributed by atoms with E-state index in [1.807, 2.05) is 18.2 Å². The molecule has 1 amide bonds. The molecular weight excluding hydrogens is 384 g/mol. The van der Waals surface area contributed by atoms with Crippen molar-refractivity contribution in [3.8, 4) is 0 Å². The number of halogens is 1. The van der Waals surface area contributed by atoms with Crippen molar-refractivity contribution in [1.29, 1.82) is 0 Å². The molecule has 0 heterocycles. The molecule has 27 heavy (non-hydrogen) atoms. The zero-order chi connectivity index (χ0) is 19.9. The Morgan fingerprint density at radius 1 is 1.11 bits per heavy atom. The lowest BCUT2D eigenvalue weighted by Gasteiger charge is -2.23. The van der Waals surface area contributed by atoms with E-state index in [0.717, 1.165) is 23.4 Å². The van der Waals surface area contributed by atoms with Crippen LogP contribution >= 0.6 is 11.6 Å². The minimum absolute atomic E-state index is 0.281. The van der Waals surface area contributed by atoms with Crippen molar-refractivity contribution in [2.75, 3.05) is 23.7 Å². The molecule has 1 N–H and O–H groups in total. The van der Waals surface area contributed by atoms with Crippen LogP contribution in [0.5, 0.6) is 0 Å². The van der Waals surface area contributed by atoms with Gasteiger partial charge in [0, 0.05) is 6.54 Å². The van der Waals surface area contributed by atoms with E-state index in [9.17, 15) is 13.2 Å². The number of nitrogens with zero attached hydrogens (tertiary/aromatic N) is 1. The molecule has 146 valence electrons. The van der Waals surface area contributed by atoms with Crippen molar-refractivity contribution in [2.24, 2.45) is 5.92 Å². The number of carbonyl (C=O) groups is 1. The first kappa shape index (κ1) is 21.3. The Labute approximate surface area is 166 Å². The molecule has 0 aliphatic heterocycles. The van der Waals surface area contributed by atoms with Crippen LogP contribution in [0.25, 0.3) is 0 Å². The number of anilines is 1. The fraction of sp³-hybridized carbons (Fsp3) is 0.350. The molecule has 7 heteroatoms. The molecule has 2 aromatic rings. The Morgan fingerprint density at radius 3 is 2.33 bits per heavy atom. The summed E-state index contributed by atoms with van der Waals surface area (Å²) in [6.45, 7) is 2.26. The number of rotatable bonds is 9. The first-order valence-corrected chi connectivity index (χ1v) is 11.1. The van der Waals surface area contributed by atoms with Gasteiger partial charge in [0.2, 0.25) is 15.9 Å². The highest BCUT2D eigenvalue weighted by Crippen LogP contribution is 2.26. The maximum atomic E-state index is 12.4. The van der Waals surface area contributed by atoms with Crippen LogP contribution in [0, 0.1) is 5.92 Å². The summed E-state index contributed by atoms with van der Waals surface area (Å²) in [4.78, 5) is 12.4. The van der Waals surface area contributed by atoms with Gasteiger partial charge >= 0.3 is 0 Å².